The predicted molar refractivity (Wildman–Crippen MR) is 60.5 cm³/mol. The SMILES string of the molecule is Cc1cn(CCC#CP(=O)(O)O)c(=O)[nH]c1=O. The molecule has 0 saturated heterocycles. The Morgan fingerprint density at radius 3 is 2.71 bits per heavy atom. The number of nitrogens with one attached hydrogen (secondary N) is 1. The van der Waals surface area contributed by atoms with Gasteiger partial charge in [0.1, 0.15) is 0 Å². The molecule has 3 N–H and O–H groups in total. The summed E-state index contributed by atoms with van der Waals surface area (Å²) in [7, 11) is -4.32. The van der Waals surface area contributed by atoms with E-state index in [1.165, 1.54) is 10.8 Å². The molecule has 0 amide bonds. The number of hydrogen-bond acceptors (Lipinski definition) is 3. The lowest BCUT2D eigenvalue weighted by atomic mass is 10.3. The summed E-state index contributed by atoms with van der Waals surface area (Å²) in [6.45, 7) is 1.71. The van der Waals surface area contributed by atoms with Crippen LogP contribution in [-0.4, -0.2) is 19.3 Å². The van der Waals surface area contributed by atoms with E-state index in [1.807, 2.05) is 0 Å². The van der Waals surface area contributed by atoms with E-state index >= 15 is 0 Å². The second-order valence-electron chi connectivity index (χ2n) is 3.35. The molecule has 0 aliphatic heterocycles. The summed E-state index contributed by atoms with van der Waals surface area (Å²) < 4.78 is 11.6. The fourth-order valence-corrected chi connectivity index (χ4v) is 1.44. The van der Waals surface area contributed by atoms with Crippen molar-refractivity contribution in [2.45, 2.75) is 19.9 Å². The molecular formula is C9H11N2O5P. The summed E-state index contributed by atoms with van der Waals surface area (Å²) in [6.07, 6.45) is 1.48. The molecule has 1 aromatic heterocycles. The average Bonchev–Trinajstić information content (AvgIpc) is 2.18. The second-order valence-corrected chi connectivity index (χ2v) is 4.66. The van der Waals surface area contributed by atoms with Crippen LogP contribution in [0.15, 0.2) is 15.8 Å². The van der Waals surface area contributed by atoms with Crippen LogP contribution in [0.4, 0.5) is 0 Å². The lowest BCUT2D eigenvalue weighted by molar-refractivity contribution is 0.388. The van der Waals surface area contributed by atoms with Crippen molar-refractivity contribution in [3.8, 4) is 11.6 Å². The Hall–Kier alpha value is -1.61. The smallest absolute Gasteiger partial charge is 0.315 e. The maximum atomic E-state index is 11.3. The lowest BCUT2D eigenvalue weighted by Gasteiger charge is -2.02. The van der Waals surface area contributed by atoms with Crippen LogP contribution in [0.1, 0.15) is 12.0 Å². The number of hydrogen-bond donors (Lipinski definition) is 3. The topological polar surface area (TPSA) is 112 Å². The molecule has 0 bridgehead atoms. The van der Waals surface area contributed by atoms with Gasteiger partial charge in [-0.3, -0.25) is 14.3 Å². The highest BCUT2D eigenvalue weighted by molar-refractivity contribution is 7.57. The zero-order chi connectivity index (χ0) is 13.1. The van der Waals surface area contributed by atoms with E-state index in [0.717, 1.165) is 0 Å². The number of H-pyrrole nitrogens is 1. The summed E-state index contributed by atoms with van der Waals surface area (Å²) >= 11 is 0. The van der Waals surface area contributed by atoms with Crippen molar-refractivity contribution in [2.24, 2.45) is 0 Å². The van der Waals surface area contributed by atoms with Crippen LogP contribution < -0.4 is 11.2 Å². The maximum Gasteiger partial charge on any atom is 0.400 e. The minimum absolute atomic E-state index is 0.108. The van der Waals surface area contributed by atoms with Gasteiger partial charge in [0, 0.05) is 30.4 Å². The van der Waals surface area contributed by atoms with Gasteiger partial charge in [-0.15, -0.1) is 0 Å². The zero-order valence-corrected chi connectivity index (χ0v) is 9.90. The largest absolute Gasteiger partial charge is 0.400 e. The van der Waals surface area contributed by atoms with Crippen LogP contribution in [0.2, 0.25) is 0 Å². The molecule has 1 heterocycles. The molecule has 0 fully saturated rings. The van der Waals surface area contributed by atoms with Crippen LogP contribution in [0.3, 0.4) is 0 Å². The third-order valence-electron chi connectivity index (χ3n) is 1.89. The molecule has 0 aliphatic rings. The molecule has 92 valence electrons. The van der Waals surface area contributed by atoms with Gasteiger partial charge in [-0.2, -0.15) is 0 Å². The number of rotatable bonds is 2. The minimum atomic E-state index is -4.32. The standard InChI is InChI=1S/C9H11N2O5P/c1-7-6-11(9(13)10-8(7)12)4-2-3-5-17(14,15)16/h6H,2,4H2,1H3,(H,10,12,13)(H2,14,15,16). The van der Waals surface area contributed by atoms with Crippen molar-refractivity contribution in [3.63, 3.8) is 0 Å². The third-order valence-corrected chi connectivity index (χ3v) is 2.34. The molecule has 0 atom stereocenters. The molecule has 1 rings (SSSR count). The van der Waals surface area contributed by atoms with E-state index in [0.29, 0.717) is 5.56 Å². The monoisotopic (exact) mass is 258 g/mol. The Kier molecular flexibility index (Phi) is 4.07. The van der Waals surface area contributed by atoms with Crippen molar-refractivity contribution in [3.05, 3.63) is 32.6 Å². The van der Waals surface area contributed by atoms with Gasteiger partial charge in [-0.05, 0) is 6.92 Å². The summed E-state index contributed by atoms with van der Waals surface area (Å²) in [5.74, 6) is 2.27. The molecule has 0 unspecified atom stereocenters. The van der Waals surface area contributed by atoms with Gasteiger partial charge in [0.2, 0.25) is 0 Å². The summed E-state index contributed by atoms with van der Waals surface area (Å²) in [6, 6.07) is 0. The lowest BCUT2D eigenvalue weighted by Crippen LogP contribution is -2.30. The van der Waals surface area contributed by atoms with Crippen molar-refractivity contribution < 1.29 is 14.4 Å². The van der Waals surface area contributed by atoms with E-state index in [2.05, 4.69) is 10.9 Å². The molecule has 0 spiro atoms. The first-order chi connectivity index (χ1) is 7.79. The van der Waals surface area contributed by atoms with Crippen molar-refractivity contribution >= 4 is 7.60 Å². The Morgan fingerprint density at radius 2 is 2.12 bits per heavy atom. The number of aromatic nitrogens is 2. The summed E-state index contributed by atoms with van der Waals surface area (Å²) in [5.41, 5.74) is 1.13. The van der Waals surface area contributed by atoms with Gasteiger partial charge >= 0.3 is 13.3 Å². The minimum Gasteiger partial charge on any atom is -0.315 e. The number of aromatic amines is 1. The summed E-state index contributed by atoms with van der Waals surface area (Å²) in [4.78, 5) is 41.4. The van der Waals surface area contributed by atoms with Crippen LogP contribution in [0, 0.1) is 18.5 Å². The normalized spacial score (nSPS) is 10.8. The molecule has 0 saturated carbocycles. The first kappa shape index (κ1) is 13.5. The second kappa shape index (κ2) is 5.15. The van der Waals surface area contributed by atoms with Crippen LogP contribution in [0.5, 0.6) is 0 Å². The van der Waals surface area contributed by atoms with Crippen LogP contribution >= 0.6 is 7.60 Å². The highest BCUT2D eigenvalue weighted by Gasteiger charge is 2.05. The van der Waals surface area contributed by atoms with E-state index in [-0.39, 0.29) is 13.0 Å². The average molecular weight is 258 g/mol. The van der Waals surface area contributed by atoms with Crippen LogP contribution in [-0.2, 0) is 11.1 Å². The molecule has 8 heteroatoms. The summed E-state index contributed by atoms with van der Waals surface area (Å²) in [5, 5.41) is 0. The molecule has 0 aromatic carbocycles. The van der Waals surface area contributed by atoms with E-state index in [1.54, 1.807) is 12.6 Å². The van der Waals surface area contributed by atoms with Gasteiger partial charge in [-0.25, -0.2) is 9.36 Å². The fourth-order valence-electron chi connectivity index (χ4n) is 1.12. The van der Waals surface area contributed by atoms with Gasteiger partial charge in [0.05, 0.1) is 0 Å². The molecule has 17 heavy (non-hydrogen) atoms. The van der Waals surface area contributed by atoms with Gasteiger partial charge in [0.25, 0.3) is 5.56 Å². The van der Waals surface area contributed by atoms with E-state index in [4.69, 9.17) is 9.79 Å². The van der Waals surface area contributed by atoms with Crippen molar-refractivity contribution in [1.29, 1.82) is 0 Å². The Labute approximate surface area is 96.3 Å². The Balaban J connectivity index is 2.80. The van der Waals surface area contributed by atoms with Crippen LogP contribution in [0.25, 0.3) is 0 Å². The van der Waals surface area contributed by atoms with Gasteiger partial charge in [-0.1, -0.05) is 5.92 Å². The third kappa shape index (κ3) is 4.41. The first-order valence-corrected chi connectivity index (χ1v) is 6.27. The Bertz CT molecular complexity index is 627. The molecule has 0 radical (unpaired) electrons. The maximum absolute atomic E-state index is 11.3. The quantitative estimate of drug-likeness (QED) is 0.483. The fraction of sp³-hybridized carbons (Fsp3) is 0.333. The van der Waals surface area contributed by atoms with E-state index < -0.39 is 18.8 Å². The highest BCUT2D eigenvalue weighted by Crippen LogP contribution is 2.31. The molecular weight excluding hydrogens is 247 g/mol. The predicted octanol–water partition coefficient (Wildman–Crippen LogP) is -0.626. The highest BCUT2D eigenvalue weighted by atomic mass is 31.2. The molecule has 1 aromatic rings. The first-order valence-electron chi connectivity index (χ1n) is 4.65. The van der Waals surface area contributed by atoms with E-state index in [9.17, 15) is 14.2 Å². The van der Waals surface area contributed by atoms with Gasteiger partial charge < -0.3 is 9.79 Å². The zero-order valence-electron chi connectivity index (χ0n) is 9.01. The van der Waals surface area contributed by atoms with Crippen molar-refractivity contribution in [2.75, 3.05) is 0 Å². The van der Waals surface area contributed by atoms with Gasteiger partial charge in [0.15, 0.2) is 0 Å². The molecule has 0 aliphatic carbocycles. The Morgan fingerprint density at radius 1 is 1.47 bits per heavy atom. The number of nitrogens with zero attached hydrogens (tertiary/aromatic N) is 1. The molecule has 7 nitrogen and oxygen atoms in total. The number of aryl methyl sites for hydroxylation is 2. The van der Waals surface area contributed by atoms with Crippen molar-refractivity contribution in [1.82, 2.24) is 9.55 Å².